The summed E-state index contributed by atoms with van der Waals surface area (Å²) in [5.41, 5.74) is 6.64. The summed E-state index contributed by atoms with van der Waals surface area (Å²) in [7, 11) is 0. The van der Waals surface area contributed by atoms with Gasteiger partial charge in [-0.2, -0.15) is 0 Å². The van der Waals surface area contributed by atoms with Crippen molar-refractivity contribution in [3.8, 4) is 5.75 Å². The number of nitrogens with one attached hydrogen (secondary N) is 1. The smallest absolute Gasteiger partial charge is 0.189 e. The fourth-order valence-corrected chi connectivity index (χ4v) is 1.68. The first-order chi connectivity index (χ1) is 7.78. The van der Waals surface area contributed by atoms with E-state index in [1.165, 1.54) is 0 Å². The minimum atomic E-state index is -0.0941. The number of rotatable bonds is 2. The van der Waals surface area contributed by atoms with Gasteiger partial charge < -0.3 is 16.2 Å². The van der Waals surface area contributed by atoms with Crippen molar-refractivity contribution < 1.29 is 5.11 Å². The second kappa shape index (κ2) is 7.18. The summed E-state index contributed by atoms with van der Waals surface area (Å²) in [4.78, 5) is 4.23. The van der Waals surface area contributed by atoms with E-state index >= 15 is 0 Å². The molecule has 0 aromatic heterocycles. The van der Waals surface area contributed by atoms with Crippen molar-refractivity contribution in [2.24, 2.45) is 10.7 Å². The second-order valence-corrected chi connectivity index (χ2v) is 5.72. The molecule has 0 aliphatic heterocycles. The third-order valence-electron chi connectivity index (χ3n) is 1.95. The molecule has 4 nitrogen and oxygen atoms in total. The molecule has 0 aliphatic carbocycles. The number of hydrogen-bond acceptors (Lipinski definition) is 2. The zero-order chi connectivity index (χ0) is 13.1. The average molecular weight is 428 g/mol. The van der Waals surface area contributed by atoms with Crippen molar-refractivity contribution in [2.75, 3.05) is 0 Å². The van der Waals surface area contributed by atoms with Crippen molar-refractivity contribution >= 4 is 45.9 Å². The predicted octanol–water partition coefficient (Wildman–Crippen LogP) is 2.98. The quantitative estimate of drug-likeness (QED) is 0.386. The van der Waals surface area contributed by atoms with Crippen LogP contribution in [0.4, 0.5) is 0 Å². The lowest BCUT2D eigenvalue weighted by Gasteiger charge is -2.20. The van der Waals surface area contributed by atoms with Gasteiger partial charge >= 0.3 is 0 Å². The number of phenolic OH excluding ortho intramolecular Hbond substituents is 1. The number of guanidine groups is 1. The summed E-state index contributed by atoms with van der Waals surface area (Å²) in [6.07, 6.45) is 0. The SMILES string of the molecule is CC(C)(C)NC(N)=NCc1ccc(O)c(Br)c1.I. The molecule has 0 radical (unpaired) electrons. The normalized spacial score (nSPS) is 11.9. The summed E-state index contributed by atoms with van der Waals surface area (Å²) in [6, 6.07) is 5.26. The first-order valence-electron chi connectivity index (χ1n) is 5.33. The molecule has 0 saturated heterocycles. The fraction of sp³-hybridized carbons (Fsp3) is 0.417. The Morgan fingerprint density at radius 1 is 1.44 bits per heavy atom. The van der Waals surface area contributed by atoms with E-state index in [0.29, 0.717) is 17.0 Å². The van der Waals surface area contributed by atoms with E-state index in [9.17, 15) is 5.11 Å². The molecule has 18 heavy (non-hydrogen) atoms. The molecule has 0 saturated carbocycles. The van der Waals surface area contributed by atoms with Crippen LogP contribution in [0.25, 0.3) is 0 Å². The summed E-state index contributed by atoms with van der Waals surface area (Å²) in [6.45, 7) is 6.54. The maximum Gasteiger partial charge on any atom is 0.189 e. The van der Waals surface area contributed by atoms with Gasteiger partial charge in [-0.15, -0.1) is 24.0 Å². The molecule has 102 valence electrons. The van der Waals surface area contributed by atoms with E-state index in [4.69, 9.17) is 5.73 Å². The van der Waals surface area contributed by atoms with Crippen molar-refractivity contribution in [1.29, 1.82) is 0 Å². The third kappa shape index (κ3) is 6.44. The van der Waals surface area contributed by atoms with E-state index in [0.717, 1.165) is 5.56 Å². The molecule has 0 aliphatic rings. The third-order valence-corrected chi connectivity index (χ3v) is 2.58. The van der Waals surface area contributed by atoms with Crippen molar-refractivity contribution in [2.45, 2.75) is 32.9 Å². The van der Waals surface area contributed by atoms with Gasteiger partial charge in [0.25, 0.3) is 0 Å². The Labute approximate surface area is 133 Å². The minimum Gasteiger partial charge on any atom is -0.507 e. The number of hydrogen-bond donors (Lipinski definition) is 3. The Balaban J connectivity index is 0.00000289. The Bertz CT molecular complexity index is 430. The fourth-order valence-electron chi connectivity index (χ4n) is 1.25. The van der Waals surface area contributed by atoms with Crippen LogP contribution in [-0.4, -0.2) is 16.6 Å². The molecule has 1 aromatic rings. The lowest BCUT2D eigenvalue weighted by molar-refractivity contribution is 0.471. The van der Waals surface area contributed by atoms with E-state index in [-0.39, 0.29) is 35.3 Å². The molecule has 0 heterocycles. The molecular weight excluding hydrogens is 409 g/mol. The van der Waals surface area contributed by atoms with Gasteiger partial charge in [0.05, 0.1) is 11.0 Å². The largest absolute Gasteiger partial charge is 0.507 e. The molecule has 6 heteroatoms. The number of halogens is 2. The van der Waals surface area contributed by atoms with Crippen LogP contribution in [0.5, 0.6) is 5.75 Å². The summed E-state index contributed by atoms with van der Waals surface area (Å²) < 4.78 is 0.660. The van der Waals surface area contributed by atoms with Gasteiger partial charge in [0.1, 0.15) is 5.75 Å². The molecule has 1 aromatic carbocycles. The minimum absolute atomic E-state index is 0. The summed E-state index contributed by atoms with van der Waals surface area (Å²) in [5.74, 6) is 0.639. The van der Waals surface area contributed by atoms with Gasteiger partial charge in [0, 0.05) is 5.54 Å². The maximum atomic E-state index is 9.35. The predicted molar refractivity (Wildman–Crippen MR) is 89.4 cm³/mol. The van der Waals surface area contributed by atoms with E-state index < -0.39 is 0 Å². The number of aliphatic imine (C=N–C) groups is 1. The standard InChI is InChI=1S/C12H18BrN3O.HI/c1-12(2,3)16-11(14)15-7-8-4-5-10(17)9(13)6-8;/h4-6,17H,7H2,1-3H3,(H3,14,15,16);1H. The van der Waals surface area contributed by atoms with Crippen LogP contribution in [0.1, 0.15) is 26.3 Å². The maximum absolute atomic E-state index is 9.35. The molecule has 0 fully saturated rings. The molecule has 0 atom stereocenters. The molecule has 0 amide bonds. The lowest BCUT2D eigenvalue weighted by atomic mass is 10.1. The lowest BCUT2D eigenvalue weighted by Crippen LogP contribution is -2.44. The van der Waals surface area contributed by atoms with Gasteiger partial charge in [-0.1, -0.05) is 6.07 Å². The van der Waals surface area contributed by atoms with Crippen molar-refractivity contribution in [1.82, 2.24) is 5.32 Å². The number of benzene rings is 1. The van der Waals surface area contributed by atoms with Gasteiger partial charge in [0.15, 0.2) is 5.96 Å². The highest BCUT2D eigenvalue weighted by molar-refractivity contribution is 14.0. The Morgan fingerprint density at radius 3 is 2.56 bits per heavy atom. The highest BCUT2D eigenvalue weighted by Gasteiger charge is 2.09. The number of nitrogens with zero attached hydrogens (tertiary/aromatic N) is 1. The summed E-state index contributed by atoms with van der Waals surface area (Å²) in [5, 5.41) is 12.4. The Kier molecular flexibility index (Phi) is 6.98. The van der Waals surface area contributed by atoms with Crippen LogP contribution in [0.2, 0.25) is 0 Å². The van der Waals surface area contributed by atoms with Crippen LogP contribution in [-0.2, 0) is 6.54 Å². The molecule has 4 N–H and O–H groups in total. The number of nitrogens with two attached hydrogens (primary N) is 1. The van der Waals surface area contributed by atoms with Gasteiger partial charge in [-0.25, -0.2) is 4.99 Å². The highest BCUT2D eigenvalue weighted by Crippen LogP contribution is 2.24. The zero-order valence-corrected chi connectivity index (χ0v) is 14.6. The van der Waals surface area contributed by atoms with Gasteiger partial charge in [-0.05, 0) is 54.4 Å². The highest BCUT2D eigenvalue weighted by atomic mass is 127. The molecule has 0 bridgehead atoms. The van der Waals surface area contributed by atoms with Crippen molar-refractivity contribution in [3.63, 3.8) is 0 Å². The molecule has 0 unspecified atom stereocenters. The second-order valence-electron chi connectivity index (χ2n) is 4.86. The molecular formula is C12H19BrIN3O. The van der Waals surface area contributed by atoms with E-state index in [1.807, 2.05) is 32.9 Å². The number of aromatic hydroxyl groups is 1. The van der Waals surface area contributed by atoms with Gasteiger partial charge in [0.2, 0.25) is 0 Å². The molecule has 0 spiro atoms. The van der Waals surface area contributed by atoms with E-state index in [1.54, 1.807) is 6.07 Å². The van der Waals surface area contributed by atoms with E-state index in [2.05, 4.69) is 26.2 Å². The van der Waals surface area contributed by atoms with Crippen LogP contribution in [0.3, 0.4) is 0 Å². The van der Waals surface area contributed by atoms with Gasteiger partial charge in [-0.3, -0.25) is 0 Å². The Morgan fingerprint density at radius 2 is 2.06 bits per heavy atom. The van der Waals surface area contributed by atoms with Crippen LogP contribution < -0.4 is 11.1 Å². The monoisotopic (exact) mass is 427 g/mol. The number of phenols is 1. The Hall–Kier alpha value is -0.500. The van der Waals surface area contributed by atoms with Crippen molar-refractivity contribution in [3.05, 3.63) is 28.2 Å². The zero-order valence-electron chi connectivity index (χ0n) is 10.7. The summed E-state index contributed by atoms with van der Waals surface area (Å²) >= 11 is 3.26. The average Bonchev–Trinajstić information content (AvgIpc) is 2.17. The van der Waals surface area contributed by atoms with Crippen LogP contribution in [0.15, 0.2) is 27.7 Å². The molecule has 1 rings (SSSR count). The topological polar surface area (TPSA) is 70.6 Å². The van der Waals surface area contributed by atoms with Crippen LogP contribution in [0, 0.1) is 0 Å². The van der Waals surface area contributed by atoms with Crippen LogP contribution >= 0.6 is 39.9 Å². The first-order valence-corrected chi connectivity index (χ1v) is 6.13. The first kappa shape index (κ1) is 17.5.